The highest BCUT2D eigenvalue weighted by molar-refractivity contribution is 5.97. The van der Waals surface area contributed by atoms with Crippen LogP contribution in [0.4, 0.5) is 0 Å². The van der Waals surface area contributed by atoms with E-state index in [0.717, 1.165) is 38.9 Å². The van der Waals surface area contributed by atoms with Gasteiger partial charge in [0, 0.05) is 10.8 Å². The van der Waals surface area contributed by atoms with Gasteiger partial charge in [0.15, 0.2) is 11.5 Å². The van der Waals surface area contributed by atoms with Crippen molar-refractivity contribution in [3.8, 4) is 11.5 Å². The van der Waals surface area contributed by atoms with E-state index in [1.54, 1.807) is 14.2 Å². The number of aromatic nitrogens is 1. The maximum atomic E-state index is 5.51. The van der Waals surface area contributed by atoms with Gasteiger partial charge in [-0.3, -0.25) is 0 Å². The van der Waals surface area contributed by atoms with Crippen molar-refractivity contribution in [2.45, 2.75) is 6.92 Å². The molecule has 0 aliphatic heterocycles. The molecule has 0 saturated heterocycles. The lowest BCUT2D eigenvalue weighted by molar-refractivity contribution is 0.356. The van der Waals surface area contributed by atoms with Crippen LogP contribution in [0, 0.1) is 6.92 Å². The minimum atomic E-state index is 0.746. The molecule has 0 atom stereocenters. The van der Waals surface area contributed by atoms with E-state index in [4.69, 9.17) is 9.47 Å². The zero-order valence-electron chi connectivity index (χ0n) is 11.2. The Labute approximate surface area is 111 Å². The Morgan fingerprint density at radius 3 is 2.37 bits per heavy atom. The number of para-hydroxylation sites is 1. The predicted molar refractivity (Wildman–Crippen MR) is 77.1 cm³/mol. The molecule has 3 heteroatoms. The third kappa shape index (κ3) is 1.78. The van der Waals surface area contributed by atoms with Crippen LogP contribution in [0.3, 0.4) is 0 Å². The molecule has 0 amide bonds. The monoisotopic (exact) mass is 253 g/mol. The number of nitrogens with zero attached hydrogens (tertiary/aromatic N) is 1. The van der Waals surface area contributed by atoms with Gasteiger partial charge in [0.2, 0.25) is 0 Å². The summed E-state index contributed by atoms with van der Waals surface area (Å²) in [6.45, 7) is 2.00. The van der Waals surface area contributed by atoms with Gasteiger partial charge in [0.05, 0.1) is 25.3 Å². The number of hydrogen-bond acceptors (Lipinski definition) is 3. The molecule has 1 aromatic heterocycles. The Hall–Kier alpha value is -2.29. The van der Waals surface area contributed by atoms with Crippen LogP contribution in [0.15, 0.2) is 36.4 Å². The van der Waals surface area contributed by atoms with E-state index in [2.05, 4.69) is 11.1 Å². The number of methoxy groups -OCH3 is 2. The first kappa shape index (κ1) is 11.8. The second-order valence-corrected chi connectivity index (χ2v) is 4.51. The third-order valence-corrected chi connectivity index (χ3v) is 3.32. The van der Waals surface area contributed by atoms with E-state index in [9.17, 15) is 0 Å². The molecule has 0 saturated carbocycles. The molecule has 3 aromatic rings. The normalized spacial score (nSPS) is 10.9. The lowest BCUT2D eigenvalue weighted by Crippen LogP contribution is -1.95. The smallest absolute Gasteiger partial charge is 0.170 e. The Balaban J connectivity index is 2.46. The molecule has 0 unspecified atom stereocenters. The van der Waals surface area contributed by atoms with E-state index < -0.39 is 0 Å². The summed E-state index contributed by atoms with van der Waals surface area (Å²) in [7, 11) is 3.32. The first-order valence-corrected chi connectivity index (χ1v) is 6.15. The predicted octanol–water partition coefficient (Wildman–Crippen LogP) is 3.71. The van der Waals surface area contributed by atoms with Crippen LogP contribution in [0.1, 0.15) is 5.56 Å². The number of hydrogen-bond donors (Lipinski definition) is 0. The van der Waals surface area contributed by atoms with Gasteiger partial charge in [0.25, 0.3) is 0 Å². The van der Waals surface area contributed by atoms with Gasteiger partial charge in [0.1, 0.15) is 0 Å². The minimum Gasteiger partial charge on any atom is -0.493 e. The molecule has 1 heterocycles. The summed E-state index contributed by atoms with van der Waals surface area (Å²) in [5.74, 6) is 1.52. The summed E-state index contributed by atoms with van der Waals surface area (Å²) in [5.41, 5.74) is 2.94. The van der Waals surface area contributed by atoms with Crippen LogP contribution in [0.5, 0.6) is 11.5 Å². The fourth-order valence-electron chi connectivity index (χ4n) is 2.45. The van der Waals surface area contributed by atoms with Crippen LogP contribution in [0.2, 0.25) is 0 Å². The number of ether oxygens (including phenoxy) is 2. The molecule has 0 N–H and O–H groups in total. The highest BCUT2D eigenvalue weighted by atomic mass is 16.5. The number of benzene rings is 2. The summed E-state index contributed by atoms with van der Waals surface area (Å²) in [5, 5.41) is 2.07. The number of pyridine rings is 1. The number of fused-ring (bicyclic) bond motifs is 2. The van der Waals surface area contributed by atoms with Crippen molar-refractivity contribution in [1.29, 1.82) is 0 Å². The third-order valence-electron chi connectivity index (χ3n) is 3.32. The fraction of sp³-hybridized carbons (Fsp3) is 0.188. The van der Waals surface area contributed by atoms with E-state index in [-0.39, 0.29) is 0 Å². The lowest BCUT2D eigenvalue weighted by atomic mass is 10.1. The first-order chi connectivity index (χ1) is 9.24. The van der Waals surface area contributed by atoms with Crippen molar-refractivity contribution in [2.75, 3.05) is 14.2 Å². The van der Waals surface area contributed by atoms with Gasteiger partial charge in [-0.15, -0.1) is 0 Å². The SMILES string of the molecule is COc1c(C)cc2nc3ccccc3cc2c1OC. The molecular weight excluding hydrogens is 238 g/mol. The molecule has 19 heavy (non-hydrogen) atoms. The zero-order valence-corrected chi connectivity index (χ0v) is 11.2. The largest absolute Gasteiger partial charge is 0.493 e. The van der Waals surface area contributed by atoms with Gasteiger partial charge in [-0.25, -0.2) is 4.98 Å². The van der Waals surface area contributed by atoms with Crippen LogP contribution in [0.25, 0.3) is 21.8 Å². The van der Waals surface area contributed by atoms with Gasteiger partial charge in [-0.2, -0.15) is 0 Å². The van der Waals surface area contributed by atoms with Crippen LogP contribution in [-0.4, -0.2) is 19.2 Å². The second kappa shape index (κ2) is 4.43. The quantitative estimate of drug-likeness (QED) is 0.652. The lowest BCUT2D eigenvalue weighted by Gasteiger charge is -2.13. The van der Waals surface area contributed by atoms with Gasteiger partial charge in [-0.1, -0.05) is 18.2 Å². The van der Waals surface area contributed by atoms with Crippen molar-refractivity contribution in [2.24, 2.45) is 0 Å². The Kier molecular flexibility index (Phi) is 2.75. The molecule has 0 aliphatic carbocycles. The molecule has 96 valence electrons. The zero-order chi connectivity index (χ0) is 13.4. The molecule has 0 spiro atoms. The Morgan fingerprint density at radius 2 is 1.63 bits per heavy atom. The summed E-state index contributed by atoms with van der Waals surface area (Å²) in [6.07, 6.45) is 0. The maximum absolute atomic E-state index is 5.51. The maximum Gasteiger partial charge on any atom is 0.170 e. The van der Waals surface area contributed by atoms with Gasteiger partial charge in [-0.05, 0) is 30.7 Å². The molecule has 0 bridgehead atoms. The Bertz CT molecular complexity index is 765. The fourth-order valence-corrected chi connectivity index (χ4v) is 2.45. The van der Waals surface area contributed by atoms with Crippen molar-refractivity contribution >= 4 is 21.8 Å². The van der Waals surface area contributed by atoms with E-state index in [0.29, 0.717) is 0 Å². The highest BCUT2D eigenvalue weighted by Crippen LogP contribution is 2.38. The standard InChI is InChI=1S/C16H15NO2/c1-10-8-14-12(16(19-3)15(10)18-2)9-11-6-4-5-7-13(11)17-14/h4-9H,1-3H3. The van der Waals surface area contributed by atoms with Crippen LogP contribution < -0.4 is 9.47 Å². The van der Waals surface area contributed by atoms with Crippen LogP contribution >= 0.6 is 0 Å². The average Bonchev–Trinajstić information content (AvgIpc) is 2.43. The first-order valence-electron chi connectivity index (χ1n) is 6.15. The summed E-state index contributed by atoms with van der Waals surface area (Å²) < 4.78 is 10.9. The number of rotatable bonds is 2. The molecular formula is C16H15NO2. The highest BCUT2D eigenvalue weighted by Gasteiger charge is 2.13. The molecule has 0 radical (unpaired) electrons. The van der Waals surface area contributed by atoms with Gasteiger partial charge >= 0.3 is 0 Å². The average molecular weight is 253 g/mol. The molecule has 3 nitrogen and oxygen atoms in total. The Morgan fingerprint density at radius 1 is 0.895 bits per heavy atom. The minimum absolute atomic E-state index is 0.746. The topological polar surface area (TPSA) is 31.4 Å². The van der Waals surface area contributed by atoms with E-state index >= 15 is 0 Å². The van der Waals surface area contributed by atoms with E-state index in [1.807, 2.05) is 37.3 Å². The van der Waals surface area contributed by atoms with Crippen molar-refractivity contribution in [3.63, 3.8) is 0 Å². The molecule has 0 aliphatic rings. The van der Waals surface area contributed by atoms with Crippen LogP contribution in [-0.2, 0) is 0 Å². The van der Waals surface area contributed by atoms with Crippen molar-refractivity contribution in [3.05, 3.63) is 42.0 Å². The summed E-state index contributed by atoms with van der Waals surface area (Å²) in [4.78, 5) is 4.69. The van der Waals surface area contributed by atoms with E-state index in [1.165, 1.54) is 0 Å². The number of aryl methyl sites for hydroxylation is 1. The van der Waals surface area contributed by atoms with Crippen molar-refractivity contribution in [1.82, 2.24) is 4.98 Å². The molecule has 2 aromatic carbocycles. The summed E-state index contributed by atoms with van der Waals surface area (Å²) in [6, 6.07) is 12.2. The molecule has 0 fully saturated rings. The summed E-state index contributed by atoms with van der Waals surface area (Å²) >= 11 is 0. The van der Waals surface area contributed by atoms with Crippen molar-refractivity contribution < 1.29 is 9.47 Å². The van der Waals surface area contributed by atoms with Gasteiger partial charge < -0.3 is 9.47 Å². The molecule has 3 rings (SSSR count). The second-order valence-electron chi connectivity index (χ2n) is 4.51.